The summed E-state index contributed by atoms with van der Waals surface area (Å²) >= 11 is 12.4. The van der Waals surface area contributed by atoms with Gasteiger partial charge in [-0.3, -0.25) is 4.79 Å². The molecule has 1 fully saturated rings. The first kappa shape index (κ1) is 20.2. The Hall–Kier alpha value is -1.50. The van der Waals surface area contributed by atoms with Crippen LogP contribution in [-0.2, 0) is 9.53 Å². The number of halogens is 2. The van der Waals surface area contributed by atoms with E-state index in [0.717, 1.165) is 42.9 Å². The number of rotatable bonds is 6. The summed E-state index contributed by atoms with van der Waals surface area (Å²) in [6.07, 6.45) is 1.61. The molecule has 8 heteroatoms. The van der Waals surface area contributed by atoms with E-state index in [2.05, 4.69) is 28.6 Å². The number of methoxy groups -OCH3 is 1. The smallest absolute Gasteiger partial charge is 0.223 e. The van der Waals surface area contributed by atoms with Crippen LogP contribution in [0.3, 0.4) is 0 Å². The van der Waals surface area contributed by atoms with E-state index in [1.54, 1.807) is 7.11 Å². The molecule has 0 saturated carbocycles. The number of anilines is 1. The number of imidazole rings is 1. The number of fused-ring (bicyclic) bond motifs is 1. The molecule has 1 amide bonds. The molecule has 0 radical (unpaired) electrons. The molecule has 148 valence electrons. The standard InChI is InChI=1S/C19H26Cl2N4O2/c1-12(2)25-17-11-15(21)14(20)10-16(17)23-19(25)24-7-4-13(5-8-24)18(26)22-6-9-27-3/h10-13H,4-9H2,1-3H3,(H,22,26). The molecule has 2 heterocycles. The first-order valence-corrected chi connectivity index (χ1v) is 10.1. The highest BCUT2D eigenvalue weighted by molar-refractivity contribution is 6.42. The fourth-order valence-electron chi connectivity index (χ4n) is 3.57. The van der Waals surface area contributed by atoms with Gasteiger partial charge in [0.2, 0.25) is 11.9 Å². The SMILES string of the molecule is COCCNC(=O)C1CCN(c2nc3cc(Cl)c(Cl)cc3n2C(C)C)CC1. The molecule has 3 rings (SSSR count). The van der Waals surface area contributed by atoms with Gasteiger partial charge in [-0.1, -0.05) is 23.2 Å². The van der Waals surface area contributed by atoms with Crippen LogP contribution in [0.1, 0.15) is 32.7 Å². The second kappa shape index (κ2) is 8.67. The number of piperidine rings is 1. The van der Waals surface area contributed by atoms with Gasteiger partial charge in [0, 0.05) is 38.7 Å². The van der Waals surface area contributed by atoms with Gasteiger partial charge in [-0.05, 0) is 38.8 Å². The monoisotopic (exact) mass is 412 g/mol. The number of hydrogen-bond donors (Lipinski definition) is 1. The van der Waals surface area contributed by atoms with Gasteiger partial charge in [-0.25, -0.2) is 4.98 Å². The molecular formula is C19H26Cl2N4O2. The molecular weight excluding hydrogens is 387 g/mol. The van der Waals surface area contributed by atoms with E-state index < -0.39 is 0 Å². The van der Waals surface area contributed by atoms with Gasteiger partial charge in [0.15, 0.2) is 0 Å². The Morgan fingerprint density at radius 1 is 1.30 bits per heavy atom. The van der Waals surface area contributed by atoms with E-state index in [4.69, 9.17) is 32.9 Å². The summed E-state index contributed by atoms with van der Waals surface area (Å²) in [7, 11) is 1.63. The zero-order valence-electron chi connectivity index (χ0n) is 16.0. The van der Waals surface area contributed by atoms with Crippen molar-refractivity contribution in [2.75, 3.05) is 38.3 Å². The molecule has 6 nitrogen and oxygen atoms in total. The van der Waals surface area contributed by atoms with Crippen LogP contribution in [0.25, 0.3) is 11.0 Å². The zero-order valence-corrected chi connectivity index (χ0v) is 17.5. The number of nitrogens with one attached hydrogen (secondary N) is 1. The highest BCUT2D eigenvalue weighted by Gasteiger charge is 2.28. The molecule has 2 aromatic rings. The second-order valence-electron chi connectivity index (χ2n) is 7.18. The highest BCUT2D eigenvalue weighted by Crippen LogP contribution is 2.34. The van der Waals surface area contributed by atoms with E-state index in [1.165, 1.54) is 0 Å². The van der Waals surface area contributed by atoms with Gasteiger partial charge in [-0.15, -0.1) is 0 Å². The van der Waals surface area contributed by atoms with Gasteiger partial charge < -0.3 is 19.5 Å². The molecule has 1 N–H and O–H groups in total. The molecule has 0 unspecified atom stereocenters. The Kier molecular flexibility index (Phi) is 6.50. The van der Waals surface area contributed by atoms with Gasteiger partial charge in [-0.2, -0.15) is 0 Å². The van der Waals surface area contributed by atoms with Crippen molar-refractivity contribution in [2.45, 2.75) is 32.7 Å². The van der Waals surface area contributed by atoms with E-state index in [1.807, 2.05) is 12.1 Å². The van der Waals surface area contributed by atoms with Crippen molar-refractivity contribution >= 4 is 46.1 Å². The summed E-state index contributed by atoms with van der Waals surface area (Å²) in [5, 5.41) is 3.98. The first-order valence-electron chi connectivity index (χ1n) is 9.31. The molecule has 1 aromatic carbocycles. The predicted molar refractivity (Wildman–Crippen MR) is 110 cm³/mol. The van der Waals surface area contributed by atoms with Crippen molar-refractivity contribution in [1.82, 2.24) is 14.9 Å². The molecule has 0 aliphatic carbocycles. The third-order valence-corrected chi connectivity index (χ3v) is 5.71. The average molecular weight is 413 g/mol. The van der Waals surface area contributed by atoms with Crippen molar-refractivity contribution in [2.24, 2.45) is 5.92 Å². The topological polar surface area (TPSA) is 59.4 Å². The van der Waals surface area contributed by atoms with Crippen LogP contribution in [0.2, 0.25) is 10.0 Å². The lowest BCUT2D eigenvalue weighted by Gasteiger charge is -2.33. The second-order valence-corrected chi connectivity index (χ2v) is 7.99. The number of carbonyl (C=O) groups is 1. The number of amides is 1. The van der Waals surface area contributed by atoms with Gasteiger partial charge >= 0.3 is 0 Å². The van der Waals surface area contributed by atoms with E-state index in [9.17, 15) is 4.79 Å². The van der Waals surface area contributed by atoms with Gasteiger partial charge in [0.25, 0.3) is 0 Å². The summed E-state index contributed by atoms with van der Waals surface area (Å²) in [6.45, 7) is 6.93. The van der Waals surface area contributed by atoms with E-state index in [-0.39, 0.29) is 17.9 Å². The van der Waals surface area contributed by atoms with Crippen LogP contribution >= 0.6 is 23.2 Å². The zero-order chi connectivity index (χ0) is 19.6. The minimum absolute atomic E-state index is 0.0406. The molecule has 1 aromatic heterocycles. The molecule has 1 aliphatic heterocycles. The van der Waals surface area contributed by atoms with Crippen LogP contribution in [0.5, 0.6) is 0 Å². The first-order chi connectivity index (χ1) is 12.9. The predicted octanol–water partition coefficient (Wildman–Crippen LogP) is 3.90. The average Bonchev–Trinajstić information content (AvgIpc) is 3.00. The van der Waals surface area contributed by atoms with Gasteiger partial charge in [0.05, 0.1) is 27.7 Å². The van der Waals surface area contributed by atoms with Crippen LogP contribution < -0.4 is 10.2 Å². The minimum atomic E-state index is 0.0406. The Morgan fingerprint density at radius 3 is 2.59 bits per heavy atom. The van der Waals surface area contributed by atoms with E-state index >= 15 is 0 Å². The lowest BCUT2D eigenvalue weighted by molar-refractivity contribution is -0.125. The Morgan fingerprint density at radius 2 is 1.96 bits per heavy atom. The number of nitrogens with zero attached hydrogens (tertiary/aromatic N) is 3. The summed E-state index contributed by atoms with van der Waals surface area (Å²) in [5.74, 6) is 1.07. The van der Waals surface area contributed by atoms with Crippen LogP contribution in [-0.4, -0.2) is 48.8 Å². The summed E-state index contributed by atoms with van der Waals surface area (Å²) in [5.41, 5.74) is 1.82. The van der Waals surface area contributed by atoms with Crippen molar-refractivity contribution in [3.8, 4) is 0 Å². The molecule has 27 heavy (non-hydrogen) atoms. The number of benzene rings is 1. The molecule has 0 atom stereocenters. The highest BCUT2D eigenvalue weighted by atomic mass is 35.5. The lowest BCUT2D eigenvalue weighted by Crippen LogP contribution is -2.42. The number of aromatic nitrogens is 2. The molecule has 1 saturated heterocycles. The van der Waals surface area contributed by atoms with Crippen molar-refractivity contribution < 1.29 is 9.53 Å². The Bertz CT molecular complexity index is 814. The Labute approximate surface area is 169 Å². The lowest BCUT2D eigenvalue weighted by atomic mass is 9.96. The van der Waals surface area contributed by atoms with Gasteiger partial charge in [0.1, 0.15) is 0 Å². The number of hydrogen-bond acceptors (Lipinski definition) is 4. The maximum atomic E-state index is 12.3. The third kappa shape index (κ3) is 4.33. The normalized spacial score (nSPS) is 15.7. The van der Waals surface area contributed by atoms with Crippen LogP contribution in [0.4, 0.5) is 5.95 Å². The quantitative estimate of drug-likeness (QED) is 0.730. The summed E-state index contributed by atoms with van der Waals surface area (Å²) in [6, 6.07) is 3.93. The number of carbonyl (C=O) groups excluding carboxylic acids is 1. The fraction of sp³-hybridized carbons (Fsp3) is 0.579. The van der Waals surface area contributed by atoms with Crippen LogP contribution in [0.15, 0.2) is 12.1 Å². The van der Waals surface area contributed by atoms with Crippen LogP contribution in [0, 0.1) is 5.92 Å². The number of ether oxygens (including phenoxy) is 1. The largest absolute Gasteiger partial charge is 0.383 e. The third-order valence-electron chi connectivity index (χ3n) is 4.98. The molecule has 1 aliphatic rings. The maximum absolute atomic E-state index is 12.3. The molecule has 0 bridgehead atoms. The minimum Gasteiger partial charge on any atom is -0.383 e. The Balaban J connectivity index is 1.77. The summed E-state index contributed by atoms with van der Waals surface area (Å²) < 4.78 is 7.17. The van der Waals surface area contributed by atoms with Crippen molar-refractivity contribution in [1.29, 1.82) is 0 Å². The molecule has 0 spiro atoms. The summed E-state index contributed by atoms with van der Waals surface area (Å²) in [4.78, 5) is 19.3. The maximum Gasteiger partial charge on any atom is 0.223 e. The fourth-order valence-corrected chi connectivity index (χ4v) is 3.89. The van der Waals surface area contributed by atoms with E-state index in [0.29, 0.717) is 23.2 Å². The van der Waals surface area contributed by atoms with Crippen molar-refractivity contribution in [3.63, 3.8) is 0 Å². The van der Waals surface area contributed by atoms with Crippen molar-refractivity contribution in [3.05, 3.63) is 22.2 Å².